The van der Waals surface area contributed by atoms with Gasteiger partial charge in [0, 0.05) is 13.1 Å². The van der Waals surface area contributed by atoms with Crippen LogP contribution >= 0.6 is 0 Å². The monoisotopic (exact) mass is 414 g/mol. The first-order valence-electron chi connectivity index (χ1n) is 10.5. The number of hydrogen-bond donors (Lipinski definition) is 1. The fourth-order valence-corrected chi connectivity index (χ4v) is 3.45. The first kappa shape index (κ1) is 25.0. The molecule has 7 heteroatoms. The molecule has 1 rings (SSSR count). The number of nitrogens with zero attached hydrogens (tertiary/aromatic N) is 1. The Morgan fingerprint density at radius 3 is 2.14 bits per heavy atom. The number of carbonyl (C=O) groups excluding carboxylic acids is 2. The molecule has 0 aliphatic heterocycles. The van der Waals surface area contributed by atoms with Gasteiger partial charge in [-0.25, -0.2) is 9.59 Å². The Labute approximate surface area is 172 Å². The fraction of sp³-hybridized carbons (Fsp3) is 0.905. The van der Waals surface area contributed by atoms with Crippen molar-refractivity contribution < 1.29 is 18.8 Å². The van der Waals surface area contributed by atoms with Crippen molar-refractivity contribution >= 4 is 20.3 Å². The number of esters is 1. The summed E-state index contributed by atoms with van der Waals surface area (Å²) in [5.74, 6) is 0.320. The van der Waals surface area contributed by atoms with Crippen LogP contribution in [0.1, 0.15) is 67.7 Å². The summed E-state index contributed by atoms with van der Waals surface area (Å²) in [5, 5.41) is 2.93. The number of amides is 2. The number of carbonyl (C=O) groups is 2. The van der Waals surface area contributed by atoms with Gasteiger partial charge >= 0.3 is 12.0 Å². The van der Waals surface area contributed by atoms with Crippen LogP contribution in [-0.4, -0.2) is 56.6 Å². The smallest absolute Gasteiger partial charge is 0.328 e. The highest BCUT2D eigenvalue weighted by atomic mass is 28.4. The molecule has 0 bridgehead atoms. The van der Waals surface area contributed by atoms with E-state index in [2.05, 4.69) is 39.2 Å². The van der Waals surface area contributed by atoms with E-state index in [4.69, 9.17) is 9.16 Å². The van der Waals surface area contributed by atoms with E-state index in [1.54, 1.807) is 11.8 Å². The van der Waals surface area contributed by atoms with Crippen LogP contribution in [0.15, 0.2) is 0 Å². The van der Waals surface area contributed by atoms with E-state index < -0.39 is 25.9 Å². The van der Waals surface area contributed by atoms with Gasteiger partial charge < -0.3 is 19.4 Å². The zero-order chi connectivity index (χ0) is 21.8. The molecule has 2 amide bonds. The summed E-state index contributed by atoms with van der Waals surface area (Å²) in [7, 11) is -1.85. The van der Waals surface area contributed by atoms with Crippen LogP contribution in [0.25, 0.3) is 0 Å². The minimum atomic E-state index is -1.85. The lowest BCUT2D eigenvalue weighted by atomic mass is 10.2. The second-order valence-electron chi connectivity index (χ2n) is 10.5. The molecule has 1 fully saturated rings. The number of rotatable bonds is 9. The molecule has 0 aromatic rings. The Kier molecular flexibility index (Phi) is 8.57. The lowest BCUT2D eigenvalue weighted by Crippen LogP contribution is -2.50. The van der Waals surface area contributed by atoms with Crippen molar-refractivity contribution in [3.63, 3.8) is 0 Å². The average Bonchev–Trinajstić information content (AvgIpc) is 3.31. The van der Waals surface area contributed by atoms with Crippen molar-refractivity contribution in [3.8, 4) is 0 Å². The zero-order valence-corrected chi connectivity index (χ0v) is 20.5. The molecule has 0 heterocycles. The summed E-state index contributed by atoms with van der Waals surface area (Å²) in [6, 6.07) is -0.908. The number of ether oxygens (including phenoxy) is 1. The molecule has 0 spiro atoms. The summed E-state index contributed by atoms with van der Waals surface area (Å²) in [4.78, 5) is 26.7. The minimum absolute atomic E-state index is 0.138. The normalized spacial score (nSPS) is 16.5. The maximum atomic E-state index is 12.8. The van der Waals surface area contributed by atoms with E-state index in [9.17, 15) is 9.59 Å². The highest BCUT2D eigenvalue weighted by molar-refractivity contribution is 6.74. The lowest BCUT2D eigenvalue weighted by molar-refractivity contribution is -0.156. The van der Waals surface area contributed by atoms with Crippen LogP contribution < -0.4 is 5.32 Å². The predicted octanol–water partition coefficient (Wildman–Crippen LogP) is 4.55. The van der Waals surface area contributed by atoms with Gasteiger partial charge in [0.1, 0.15) is 11.6 Å². The van der Waals surface area contributed by atoms with E-state index in [0.29, 0.717) is 19.7 Å². The van der Waals surface area contributed by atoms with Gasteiger partial charge in [0.2, 0.25) is 0 Å². The molecule has 1 aliphatic rings. The molecular formula is C21H42N2O4Si. The Balaban J connectivity index is 2.61. The van der Waals surface area contributed by atoms with Crippen molar-refractivity contribution in [2.75, 3.05) is 19.7 Å². The van der Waals surface area contributed by atoms with E-state index in [1.807, 2.05) is 20.8 Å². The van der Waals surface area contributed by atoms with Crippen LogP contribution in [0.5, 0.6) is 0 Å². The third kappa shape index (κ3) is 8.95. The van der Waals surface area contributed by atoms with Gasteiger partial charge in [0.15, 0.2) is 8.32 Å². The van der Waals surface area contributed by atoms with Crippen molar-refractivity contribution in [3.05, 3.63) is 0 Å². The fourth-order valence-electron chi connectivity index (χ4n) is 2.41. The van der Waals surface area contributed by atoms with Gasteiger partial charge in [0.25, 0.3) is 0 Å². The molecule has 0 radical (unpaired) electrons. The molecular weight excluding hydrogens is 372 g/mol. The maximum Gasteiger partial charge on any atom is 0.328 e. The number of nitrogens with one attached hydrogen (secondary N) is 1. The molecule has 0 saturated heterocycles. The van der Waals surface area contributed by atoms with Crippen LogP contribution in [-0.2, 0) is 14.0 Å². The van der Waals surface area contributed by atoms with E-state index in [0.717, 1.165) is 12.3 Å². The maximum absolute atomic E-state index is 12.8. The third-order valence-corrected chi connectivity index (χ3v) is 10.1. The van der Waals surface area contributed by atoms with Crippen molar-refractivity contribution in [1.29, 1.82) is 0 Å². The van der Waals surface area contributed by atoms with E-state index >= 15 is 0 Å². The standard InChI is InChI=1S/C21H42N2O4Si/c1-16(18(24)27-20(2,3)4)22-19(25)23(13-12-17-10-11-17)14-15-26-28(8,9)21(5,6)7/h16-17H,10-15H2,1-9H3,(H,22,25)/t16-/m0/s1. The lowest BCUT2D eigenvalue weighted by Gasteiger charge is -2.37. The zero-order valence-electron chi connectivity index (χ0n) is 19.5. The van der Waals surface area contributed by atoms with Gasteiger partial charge in [-0.15, -0.1) is 0 Å². The summed E-state index contributed by atoms with van der Waals surface area (Å²) < 4.78 is 11.6. The quantitative estimate of drug-likeness (QED) is 0.444. The molecule has 0 aromatic heterocycles. The molecule has 1 saturated carbocycles. The predicted molar refractivity (Wildman–Crippen MR) is 116 cm³/mol. The van der Waals surface area contributed by atoms with Gasteiger partial charge in [0.05, 0.1) is 6.61 Å². The SMILES string of the molecule is C[C@H](NC(=O)N(CCO[Si](C)(C)C(C)(C)C)CCC1CC1)C(=O)OC(C)(C)C. The molecule has 6 nitrogen and oxygen atoms in total. The van der Waals surface area contributed by atoms with Crippen LogP contribution in [0, 0.1) is 5.92 Å². The first-order valence-corrected chi connectivity index (χ1v) is 13.5. The largest absolute Gasteiger partial charge is 0.458 e. The van der Waals surface area contributed by atoms with Gasteiger partial charge in [-0.2, -0.15) is 0 Å². The first-order chi connectivity index (χ1) is 12.6. The Morgan fingerprint density at radius 2 is 1.68 bits per heavy atom. The number of urea groups is 1. The average molecular weight is 415 g/mol. The second kappa shape index (κ2) is 9.61. The summed E-state index contributed by atoms with van der Waals surface area (Å²) in [5.41, 5.74) is -0.571. The van der Waals surface area contributed by atoms with Gasteiger partial charge in [-0.1, -0.05) is 33.6 Å². The molecule has 1 aliphatic carbocycles. The molecule has 28 heavy (non-hydrogen) atoms. The summed E-state index contributed by atoms with van der Waals surface area (Å²) >= 11 is 0. The molecule has 0 aromatic carbocycles. The molecule has 0 unspecified atom stereocenters. The molecule has 1 atom stereocenters. The Hall–Kier alpha value is -1.08. The van der Waals surface area contributed by atoms with E-state index in [-0.39, 0.29) is 11.1 Å². The number of hydrogen-bond acceptors (Lipinski definition) is 4. The molecule has 1 N–H and O–H groups in total. The van der Waals surface area contributed by atoms with Gasteiger partial charge in [-0.3, -0.25) is 0 Å². The summed E-state index contributed by atoms with van der Waals surface area (Å²) in [6.07, 6.45) is 3.52. The van der Waals surface area contributed by atoms with Crippen LogP contribution in [0.3, 0.4) is 0 Å². The van der Waals surface area contributed by atoms with Gasteiger partial charge in [-0.05, 0) is 58.2 Å². The molecule has 164 valence electrons. The van der Waals surface area contributed by atoms with Crippen LogP contribution in [0.4, 0.5) is 4.79 Å². The van der Waals surface area contributed by atoms with Crippen LogP contribution in [0.2, 0.25) is 18.1 Å². The highest BCUT2D eigenvalue weighted by Crippen LogP contribution is 2.36. The highest BCUT2D eigenvalue weighted by Gasteiger charge is 2.37. The Morgan fingerprint density at radius 1 is 1.11 bits per heavy atom. The van der Waals surface area contributed by atoms with Crippen molar-refractivity contribution in [2.45, 2.75) is 97.5 Å². The Bertz CT molecular complexity index is 534. The second-order valence-corrected chi connectivity index (χ2v) is 15.3. The van der Waals surface area contributed by atoms with Crippen molar-refractivity contribution in [2.24, 2.45) is 5.92 Å². The summed E-state index contributed by atoms with van der Waals surface area (Å²) in [6.45, 7) is 19.9. The topological polar surface area (TPSA) is 67.9 Å². The third-order valence-electron chi connectivity index (χ3n) is 5.52. The minimum Gasteiger partial charge on any atom is -0.458 e. The van der Waals surface area contributed by atoms with Crippen molar-refractivity contribution in [1.82, 2.24) is 10.2 Å². The van der Waals surface area contributed by atoms with E-state index in [1.165, 1.54) is 12.8 Å².